The van der Waals surface area contributed by atoms with Gasteiger partial charge < -0.3 is 10.2 Å². The van der Waals surface area contributed by atoms with Gasteiger partial charge in [0, 0.05) is 18.6 Å². The number of non-ortho nitro benzene ring substituents is 1. The van der Waals surface area contributed by atoms with Crippen molar-refractivity contribution in [3.63, 3.8) is 0 Å². The van der Waals surface area contributed by atoms with E-state index in [0.717, 1.165) is 0 Å². The molecule has 1 aromatic rings. The summed E-state index contributed by atoms with van der Waals surface area (Å²) in [6, 6.07) is 3.91. The molecule has 0 heterocycles. The summed E-state index contributed by atoms with van der Waals surface area (Å²) in [7, 11) is 0. The number of nitro groups is 1. The fourth-order valence-corrected chi connectivity index (χ4v) is 1.52. The van der Waals surface area contributed by atoms with Gasteiger partial charge in [0.15, 0.2) is 0 Å². The number of hydrogen-bond acceptors (Lipinski definition) is 4. The van der Waals surface area contributed by atoms with E-state index >= 15 is 0 Å². The number of carbonyl (C=O) groups is 2. The predicted molar refractivity (Wildman–Crippen MR) is 60.4 cm³/mol. The Balaban J connectivity index is 3.01. The number of carboxylic acid groups (broad SMARTS) is 2. The summed E-state index contributed by atoms with van der Waals surface area (Å²) < 4.78 is 0. The predicted octanol–water partition coefficient (Wildman–Crippen LogP) is 1.24. The highest BCUT2D eigenvalue weighted by Crippen LogP contribution is 2.19. The van der Waals surface area contributed by atoms with Crippen LogP contribution in [0.5, 0.6) is 0 Å². The third kappa shape index (κ3) is 4.20. The average Bonchev–Trinajstić information content (AvgIpc) is 2.25. The van der Waals surface area contributed by atoms with Crippen LogP contribution < -0.4 is 0 Å². The largest absolute Gasteiger partial charge is 0.481 e. The van der Waals surface area contributed by atoms with Gasteiger partial charge in [0.1, 0.15) is 0 Å². The normalized spacial score (nSPS) is 10.0. The van der Waals surface area contributed by atoms with E-state index in [0.29, 0.717) is 5.56 Å². The second-order valence-corrected chi connectivity index (χ2v) is 3.73. The molecule has 0 atom stereocenters. The molecule has 0 fully saturated rings. The van der Waals surface area contributed by atoms with Gasteiger partial charge in [0.25, 0.3) is 5.69 Å². The number of hydrogen-bond donors (Lipinski definition) is 2. The lowest BCUT2D eigenvalue weighted by atomic mass is 10.0. The van der Waals surface area contributed by atoms with Crippen LogP contribution in [-0.4, -0.2) is 27.1 Å². The first-order valence-electron chi connectivity index (χ1n) is 5.09. The minimum absolute atomic E-state index is 0.129. The molecule has 0 aliphatic rings. The lowest BCUT2D eigenvalue weighted by molar-refractivity contribution is -0.385. The topological polar surface area (TPSA) is 118 Å². The van der Waals surface area contributed by atoms with Crippen molar-refractivity contribution in [3.05, 3.63) is 39.4 Å². The summed E-state index contributed by atoms with van der Waals surface area (Å²) in [5.41, 5.74) is 0.508. The Kier molecular flexibility index (Phi) is 4.36. The second-order valence-electron chi connectivity index (χ2n) is 3.73. The van der Waals surface area contributed by atoms with Gasteiger partial charge in [0.2, 0.25) is 0 Å². The van der Waals surface area contributed by atoms with Crippen LogP contribution >= 0.6 is 0 Å². The van der Waals surface area contributed by atoms with Gasteiger partial charge in [-0.2, -0.15) is 0 Å². The second kappa shape index (κ2) is 5.76. The molecule has 0 aromatic heterocycles. The van der Waals surface area contributed by atoms with Crippen LogP contribution in [0.2, 0.25) is 0 Å². The monoisotopic (exact) mass is 253 g/mol. The highest BCUT2D eigenvalue weighted by molar-refractivity contribution is 5.71. The maximum Gasteiger partial charge on any atom is 0.307 e. The average molecular weight is 253 g/mol. The number of nitrogens with zero attached hydrogens (tertiary/aromatic N) is 1. The van der Waals surface area contributed by atoms with E-state index in [9.17, 15) is 19.7 Å². The molecule has 7 nitrogen and oxygen atoms in total. The van der Waals surface area contributed by atoms with Gasteiger partial charge in [-0.15, -0.1) is 0 Å². The van der Waals surface area contributed by atoms with Gasteiger partial charge >= 0.3 is 11.9 Å². The van der Waals surface area contributed by atoms with E-state index < -0.39 is 16.9 Å². The van der Waals surface area contributed by atoms with Gasteiger partial charge in [-0.05, 0) is 17.5 Å². The maximum atomic E-state index is 10.7. The van der Waals surface area contributed by atoms with E-state index in [4.69, 9.17) is 10.2 Å². The lowest BCUT2D eigenvalue weighted by Crippen LogP contribution is -2.03. The van der Waals surface area contributed by atoms with E-state index in [1.165, 1.54) is 18.2 Å². The van der Waals surface area contributed by atoms with Crippen LogP contribution in [0.15, 0.2) is 18.2 Å². The standard InChI is InChI=1S/C11H11NO6/c13-10(14)2-1-7-3-8(6-11(15)16)5-9(4-7)12(17)18/h3-5H,1-2,6H2,(H,13,14)(H,15,16). The summed E-state index contributed by atoms with van der Waals surface area (Å²) in [5, 5.41) is 27.9. The van der Waals surface area contributed by atoms with E-state index in [-0.39, 0.29) is 30.5 Å². The third-order valence-electron chi connectivity index (χ3n) is 2.23. The number of rotatable bonds is 6. The Morgan fingerprint density at radius 2 is 1.72 bits per heavy atom. The van der Waals surface area contributed by atoms with Crippen molar-refractivity contribution >= 4 is 17.6 Å². The zero-order valence-corrected chi connectivity index (χ0v) is 9.33. The fraction of sp³-hybridized carbons (Fsp3) is 0.273. The molecule has 0 spiro atoms. The molecule has 2 N–H and O–H groups in total. The van der Waals surface area contributed by atoms with Gasteiger partial charge in [0.05, 0.1) is 11.3 Å². The summed E-state index contributed by atoms with van der Waals surface area (Å²) in [6.45, 7) is 0. The zero-order chi connectivity index (χ0) is 13.7. The van der Waals surface area contributed by atoms with Crippen molar-refractivity contribution < 1.29 is 24.7 Å². The fourth-order valence-electron chi connectivity index (χ4n) is 1.52. The molecule has 0 unspecified atom stereocenters. The third-order valence-corrected chi connectivity index (χ3v) is 2.23. The highest BCUT2D eigenvalue weighted by Gasteiger charge is 2.12. The lowest BCUT2D eigenvalue weighted by Gasteiger charge is -2.03. The molecule has 0 amide bonds. The highest BCUT2D eigenvalue weighted by atomic mass is 16.6. The number of aryl methyl sites for hydroxylation is 1. The van der Waals surface area contributed by atoms with Crippen molar-refractivity contribution in [2.45, 2.75) is 19.3 Å². The molecular formula is C11H11NO6. The smallest absolute Gasteiger partial charge is 0.307 e. The molecule has 7 heteroatoms. The SMILES string of the molecule is O=C(O)CCc1cc(CC(=O)O)cc([N+](=O)[O-])c1. The molecule has 1 aromatic carbocycles. The Morgan fingerprint density at radius 1 is 1.11 bits per heavy atom. The van der Waals surface area contributed by atoms with Crippen LogP contribution in [0, 0.1) is 10.1 Å². The minimum atomic E-state index is -1.10. The zero-order valence-electron chi connectivity index (χ0n) is 9.33. The molecular weight excluding hydrogens is 242 g/mol. The van der Waals surface area contributed by atoms with E-state index in [1.54, 1.807) is 0 Å². The Labute approximate surface area is 102 Å². The summed E-state index contributed by atoms with van der Waals surface area (Å²) in [5.74, 6) is -2.11. The molecule has 0 aliphatic heterocycles. The maximum absolute atomic E-state index is 10.7. The van der Waals surface area contributed by atoms with Gasteiger partial charge in [-0.3, -0.25) is 19.7 Å². The number of aliphatic carboxylic acids is 2. The first-order chi connectivity index (χ1) is 8.38. The number of carboxylic acids is 2. The Morgan fingerprint density at radius 3 is 2.22 bits per heavy atom. The van der Waals surface area contributed by atoms with Crippen LogP contribution in [-0.2, 0) is 22.4 Å². The number of nitro benzene ring substituents is 1. The van der Waals surface area contributed by atoms with Crippen LogP contribution in [0.1, 0.15) is 17.5 Å². The number of benzene rings is 1. The van der Waals surface area contributed by atoms with Crippen molar-refractivity contribution in [1.82, 2.24) is 0 Å². The van der Waals surface area contributed by atoms with Crippen molar-refractivity contribution in [3.8, 4) is 0 Å². The van der Waals surface area contributed by atoms with E-state index in [1.807, 2.05) is 0 Å². The Hall–Kier alpha value is -2.44. The summed E-state index contributed by atoms with van der Waals surface area (Å²) >= 11 is 0. The first-order valence-corrected chi connectivity index (χ1v) is 5.09. The molecule has 18 heavy (non-hydrogen) atoms. The molecule has 0 aliphatic carbocycles. The molecule has 96 valence electrons. The van der Waals surface area contributed by atoms with Crippen LogP contribution in [0.25, 0.3) is 0 Å². The first kappa shape index (κ1) is 13.6. The van der Waals surface area contributed by atoms with Crippen LogP contribution in [0.3, 0.4) is 0 Å². The van der Waals surface area contributed by atoms with Gasteiger partial charge in [-0.1, -0.05) is 6.07 Å². The quantitative estimate of drug-likeness (QED) is 0.581. The van der Waals surface area contributed by atoms with Crippen LogP contribution in [0.4, 0.5) is 5.69 Å². The molecule has 0 saturated heterocycles. The molecule has 1 rings (SSSR count). The van der Waals surface area contributed by atoms with E-state index in [2.05, 4.69) is 0 Å². The minimum Gasteiger partial charge on any atom is -0.481 e. The Bertz CT molecular complexity index is 496. The molecule has 0 saturated carbocycles. The molecule has 0 bridgehead atoms. The van der Waals surface area contributed by atoms with Gasteiger partial charge in [-0.25, -0.2) is 0 Å². The molecule has 0 radical (unpaired) electrons. The summed E-state index contributed by atoms with van der Waals surface area (Å²) in [6.07, 6.45) is -0.362. The van der Waals surface area contributed by atoms with Crippen molar-refractivity contribution in [2.24, 2.45) is 0 Å². The van der Waals surface area contributed by atoms with Crippen molar-refractivity contribution in [1.29, 1.82) is 0 Å². The van der Waals surface area contributed by atoms with Crippen molar-refractivity contribution in [2.75, 3.05) is 0 Å². The summed E-state index contributed by atoms with van der Waals surface area (Å²) in [4.78, 5) is 31.0.